The molecule has 1 N–H and O–H groups in total. The first-order valence-corrected chi connectivity index (χ1v) is 5.56. The Kier molecular flexibility index (Phi) is 7.81. The fourth-order valence-electron chi connectivity index (χ4n) is 1.66. The van der Waals surface area contributed by atoms with Crippen molar-refractivity contribution in [2.45, 2.75) is 52.2 Å². The van der Waals surface area contributed by atoms with Crippen molar-refractivity contribution >= 4 is 0 Å². The van der Waals surface area contributed by atoms with Gasteiger partial charge in [-0.15, -0.1) is 6.58 Å². The molecule has 14 heavy (non-hydrogen) atoms. The number of hydrogen-bond donors (Lipinski definition) is 1. The smallest absolute Gasteiger partial charge is 0.0724 e. The maximum atomic E-state index is 5.46. The second kappa shape index (κ2) is 8.01. The van der Waals surface area contributed by atoms with Gasteiger partial charge in [0.1, 0.15) is 0 Å². The molecule has 2 atom stereocenters. The molecule has 84 valence electrons. The van der Waals surface area contributed by atoms with Crippen LogP contribution in [0.3, 0.4) is 0 Å². The highest BCUT2D eigenvalue weighted by Gasteiger charge is 2.18. The van der Waals surface area contributed by atoms with Gasteiger partial charge in [-0.1, -0.05) is 19.4 Å². The van der Waals surface area contributed by atoms with Gasteiger partial charge < -0.3 is 10.1 Å². The van der Waals surface area contributed by atoms with Crippen LogP contribution in [0.15, 0.2) is 12.2 Å². The number of methoxy groups -OCH3 is 1. The van der Waals surface area contributed by atoms with E-state index in [9.17, 15) is 0 Å². The molecule has 0 fully saturated rings. The average Bonchev–Trinajstić information content (AvgIpc) is 2.15. The Morgan fingerprint density at radius 2 is 2.07 bits per heavy atom. The predicted molar refractivity (Wildman–Crippen MR) is 62.6 cm³/mol. The fraction of sp³-hybridized carbons (Fsp3) is 0.833. The summed E-state index contributed by atoms with van der Waals surface area (Å²) >= 11 is 0. The van der Waals surface area contributed by atoms with Crippen molar-refractivity contribution in [3.05, 3.63) is 12.2 Å². The minimum atomic E-state index is 0.304. The zero-order valence-electron chi connectivity index (χ0n) is 10.1. The van der Waals surface area contributed by atoms with E-state index in [2.05, 4.69) is 32.7 Å². The topological polar surface area (TPSA) is 21.3 Å². The van der Waals surface area contributed by atoms with Gasteiger partial charge in [0.05, 0.1) is 6.10 Å². The maximum absolute atomic E-state index is 5.46. The van der Waals surface area contributed by atoms with Crippen LogP contribution in [0.1, 0.15) is 40.0 Å². The molecule has 0 aliphatic carbocycles. The lowest BCUT2D eigenvalue weighted by Gasteiger charge is -2.26. The van der Waals surface area contributed by atoms with Crippen molar-refractivity contribution in [2.75, 3.05) is 13.7 Å². The number of ether oxygens (including phenoxy) is 1. The quantitative estimate of drug-likeness (QED) is 0.607. The Balaban J connectivity index is 4.12. The fourth-order valence-corrected chi connectivity index (χ4v) is 1.66. The molecule has 0 amide bonds. The predicted octanol–water partition coefficient (Wildman–Crippen LogP) is 2.75. The normalized spacial score (nSPS) is 15.1. The van der Waals surface area contributed by atoms with Crippen LogP contribution in [-0.4, -0.2) is 25.8 Å². The minimum Gasteiger partial charge on any atom is -0.380 e. The molecule has 0 saturated heterocycles. The number of hydrogen-bond acceptors (Lipinski definition) is 2. The Labute approximate surface area is 88.7 Å². The van der Waals surface area contributed by atoms with E-state index in [-0.39, 0.29) is 0 Å². The molecule has 2 heteroatoms. The number of rotatable bonds is 8. The first kappa shape index (κ1) is 13.7. The van der Waals surface area contributed by atoms with Gasteiger partial charge >= 0.3 is 0 Å². The van der Waals surface area contributed by atoms with Crippen LogP contribution in [0.4, 0.5) is 0 Å². The van der Waals surface area contributed by atoms with E-state index in [1.807, 2.05) is 0 Å². The van der Waals surface area contributed by atoms with Crippen molar-refractivity contribution in [1.29, 1.82) is 0 Å². The van der Waals surface area contributed by atoms with Crippen molar-refractivity contribution in [3.8, 4) is 0 Å². The van der Waals surface area contributed by atoms with Gasteiger partial charge in [-0.25, -0.2) is 0 Å². The van der Waals surface area contributed by atoms with Crippen LogP contribution in [0.2, 0.25) is 0 Å². The van der Waals surface area contributed by atoms with E-state index in [0.717, 1.165) is 25.8 Å². The lowest BCUT2D eigenvalue weighted by Crippen LogP contribution is -2.41. The van der Waals surface area contributed by atoms with Crippen LogP contribution in [0.25, 0.3) is 0 Å². The van der Waals surface area contributed by atoms with Crippen molar-refractivity contribution in [1.82, 2.24) is 5.32 Å². The highest BCUT2D eigenvalue weighted by Crippen LogP contribution is 2.11. The SMILES string of the molecule is C=C(C)CC(NCCC)C(CC)OC. The lowest BCUT2D eigenvalue weighted by molar-refractivity contribution is 0.0654. The molecule has 0 radical (unpaired) electrons. The van der Waals surface area contributed by atoms with Crippen molar-refractivity contribution in [3.63, 3.8) is 0 Å². The lowest BCUT2D eigenvalue weighted by atomic mass is 10.0. The second-order valence-corrected chi connectivity index (χ2v) is 3.90. The van der Waals surface area contributed by atoms with E-state index in [1.54, 1.807) is 7.11 Å². The summed E-state index contributed by atoms with van der Waals surface area (Å²) in [7, 11) is 1.78. The van der Waals surface area contributed by atoms with E-state index < -0.39 is 0 Å². The second-order valence-electron chi connectivity index (χ2n) is 3.90. The molecule has 0 saturated carbocycles. The molecule has 0 aromatic rings. The molecule has 0 bridgehead atoms. The Morgan fingerprint density at radius 3 is 2.43 bits per heavy atom. The van der Waals surface area contributed by atoms with Gasteiger partial charge in [0.15, 0.2) is 0 Å². The summed E-state index contributed by atoms with van der Waals surface area (Å²) in [5.41, 5.74) is 1.22. The Morgan fingerprint density at radius 1 is 1.43 bits per heavy atom. The maximum Gasteiger partial charge on any atom is 0.0724 e. The van der Waals surface area contributed by atoms with Gasteiger partial charge in [-0.3, -0.25) is 0 Å². The monoisotopic (exact) mass is 199 g/mol. The van der Waals surface area contributed by atoms with Crippen molar-refractivity contribution in [2.24, 2.45) is 0 Å². The molecule has 2 unspecified atom stereocenters. The third-order valence-corrected chi connectivity index (χ3v) is 2.38. The summed E-state index contributed by atoms with van der Waals surface area (Å²) in [6, 6.07) is 0.419. The molecule has 0 aliphatic rings. The van der Waals surface area contributed by atoms with Crippen LogP contribution in [-0.2, 0) is 4.74 Å². The van der Waals surface area contributed by atoms with E-state index >= 15 is 0 Å². The summed E-state index contributed by atoms with van der Waals surface area (Å²) in [4.78, 5) is 0. The van der Waals surface area contributed by atoms with Gasteiger partial charge in [-0.2, -0.15) is 0 Å². The molecule has 0 aliphatic heterocycles. The molecule has 2 nitrogen and oxygen atoms in total. The largest absolute Gasteiger partial charge is 0.380 e. The van der Waals surface area contributed by atoms with E-state index in [1.165, 1.54) is 5.57 Å². The summed E-state index contributed by atoms with van der Waals surface area (Å²) in [5.74, 6) is 0. The molecule has 0 rings (SSSR count). The van der Waals surface area contributed by atoms with E-state index in [4.69, 9.17) is 4.74 Å². The van der Waals surface area contributed by atoms with Crippen LogP contribution in [0.5, 0.6) is 0 Å². The number of nitrogens with one attached hydrogen (secondary N) is 1. The van der Waals surface area contributed by atoms with Crippen LogP contribution < -0.4 is 5.32 Å². The molecule has 0 aromatic heterocycles. The highest BCUT2D eigenvalue weighted by molar-refractivity contribution is 4.95. The Hall–Kier alpha value is -0.340. The standard InChI is InChI=1S/C12H25NO/c1-6-8-13-11(9-10(3)4)12(7-2)14-5/h11-13H,3,6-9H2,1-2,4-5H3. The van der Waals surface area contributed by atoms with Crippen LogP contribution in [0, 0.1) is 0 Å². The third kappa shape index (κ3) is 5.40. The average molecular weight is 199 g/mol. The first-order valence-electron chi connectivity index (χ1n) is 5.56. The molecular weight excluding hydrogens is 174 g/mol. The zero-order valence-corrected chi connectivity index (χ0v) is 10.1. The van der Waals surface area contributed by atoms with Crippen LogP contribution >= 0.6 is 0 Å². The third-order valence-electron chi connectivity index (χ3n) is 2.38. The van der Waals surface area contributed by atoms with Gasteiger partial charge in [0.2, 0.25) is 0 Å². The van der Waals surface area contributed by atoms with Gasteiger partial charge in [0.25, 0.3) is 0 Å². The molecule has 0 aromatic carbocycles. The molecule has 0 spiro atoms. The summed E-state index contributed by atoms with van der Waals surface area (Å²) in [6.45, 7) is 11.4. The minimum absolute atomic E-state index is 0.304. The first-order chi connectivity index (χ1) is 6.65. The Bertz CT molecular complexity index is 152. The molecule has 0 heterocycles. The summed E-state index contributed by atoms with van der Waals surface area (Å²) in [5, 5.41) is 3.52. The highest BCUT2D eigenvalue weighted by atomic mass is 16.5. The van der Waals surface area contributed by atoms with Crippen molar-refractivity contribution < 1.29 is 4.74 Å². The van der Waals surface area contributed by atoms with E-state index in [0.29, 0.717) is 12.1 Å². The summed E-state index contributed by atoms with van der Waals surface area (Å²) < 4.78 is 5.46. The van der Waals surface area contributed by atoms with Gasteiger partial charge in [0, 0.05) is 13.2 Å². The summed E-state index contributed by atoms with van der Waals surface area (Å²) in [6.07, 6.45) is 3.52. The molecular formula is C12H25NO. The zero-order chi connectivity index (χ0) is 11.0. The van der Waals surface area contributed by atoms with Gasteiger partial charge in [-0.05, 0) is 32.7 Å².